The van der Waals surface area contributed by atoms with Crippen molar-refractivity contribution < 1.29 is 0 Å². The Kier molecular flexibility index (Phi) is 5.40. The molecular weight excluding hydrogens is 295 g/mol. The van der Waals surface area contributed by atoms with Crippen LogP contribution in [0.1, 0.15) is 37.7 Å². The van der Waals surface area contributed by atoms with Crippen molar-refractivity contribution in [3.63, 3.8) is 0 Å². The second-order valence-corrected chi connectivity index (χ2v) is 5.28. The van der Waals surface area contributed by atoms with Crippen LogP contribution in [0.25, 0.3) is 0 Å². The van der Waals surface area contributed by atoms with Gasteiger partial charge >= 0.3 is 0 Å². The van der Waals surface area contributed by atoms with Gasteiger partial charge in [0.25, 0.3) is 0 Å². The topological polar surface area (TPSA) is 42.7 Å². The van der Waals surface area contributed by atoms with Crippen LogP contribution < -0.4 is 5.32 Å². The Morgan fingerprint density at radius 2 is 2.10 bits per heavy atom. The number of rotatable bonds is 6. The van der Waals surface area contributed by atoms with Gasteiger partial charge in [-0.05, 0) is 25.1 Å². The van der Waals surface area contributed by atoms with Crippen LogP contribution in [-0.2, 0) is 6.54 Å². The second kappa shape index (κ2) is 7.07. The summed E-state index contributed by atoms with van der Waals surface area (Å²) in [7, 11) is 0. The van der Waals surface area contributed by atoms with Crippen molar-refractivity contribution >= 4 is 23.2 Å². The minimum absolute atomic E-state index is 0.157. The monoisotopic (exact) mass is 312 g/mol. The molecule has 0 saturated heterocycles. The summed E-state index contributed by atoms with van der Waals surface area (Å²) in [6, 6.07) is 3.50. The Hall–Kier alpha value is -1.10. The normalized spacial score (nSPS) is 12.6. The van der Waals surface area contributed by atoms with E-state index in [1.807, 2.05) is 23.7 Å². The summed E-state index contributed by atoms with van der Waals surface area (Å²) in [5.41, 5.74) is 1.69. The molecule has 20 heavy (non-hydrogen) atoms. The van der Waals surface area contributed by atoms with Crippen LogP contribution in [0, 0.1) is 0 Å². The standard InChI is InChI=1S/C14H18Cl2N4/c1-3-8-20-14(11(16)9-19-20)13(17-4-2)12-10(15)6-5-7-18-12/h5-7,9,13,17H,3-4,8H2,1-2H3. The van der Waals surface area contributed by atoms with Crippen molar-refractivity contribution in [2.45, 2.75) is 32.9 Å². The van der Waals surface area contributed by atoms with Crippen LogP contribution in [0.15, 0.2) is 24.5 Å². The molecule has 0 aliphatic rings. The third-order valence-corrected chi connectivity index (χ3v) is 3.62. The van der Waals surface area contributed by atoms with Crippen LogP contribution in [0.5, 0.6) is 0 Å². The van der Waals surface area contributed by atoms with Gasteiger partial charge in [0.1, 0.15) is 0 Å². The first-order valence-electron chi connectivity index (χ1n) is 6.74. The van der Waals surface area contributed by atoms with Crippen LogP contribution >= 0.6 is 23.2 Å². The molecule has 0 aliphatic carbocycles. The molecular formula is C14H18Cl2N4. The molecule has 2 aromatic rings. The molecule has 0 spiro atoms. The molecule has 1 N–H and O–H groups in total. The van der Waals surface area contributed by atoms with E-state index in [-0.39, 0.29) is 6.04 Å². The Morgan fingerprint density at radius 3 is 2.75 bits per heavy atom. The van der Waals surface area contributed by atoms with E-state index in [0.29, 0.717) is 10.0 Å². The number of aryl methyl sites for hydroxylation is 1. The number of nitrogens with zero attached hydrogens (tertiary/aromatic N) is 3. The second-order valence-electron chi connectivity index (χ2n) is 4.46. The lowest BCUT2D eigenvalue weighted by molar-refractivity contribution is 0.515. The third kappa shape index (κ3) is 3.14. The number of nitrogens with one attached hydrogen (secondary N) is 1. The van der Waals surface area contributed by atoms with Gasteiger partial charge in [-0.2, -0.15) is 5.10 Å². The van der Waals surface area contributed by atoms with Crippen LogP contribution in [0.2, 0.25) is 10.0 Å². The summed E-state index contributed by atoms with van der Waals surface area (Å²) >= 11 is 12.6. The molecule has 2 rings (SSSR count). The fourth-order valence-corrected chi connectivity index (χ4v) is 2.67. The number of hydrogen-bond acceptors (Lipinski definition) is 3. The molecule has 0 aliphatic heterocycles. The molecule has 2 aromatic heterocycles. The van der Waals surface area contributed by atoms with Gasteiger partial charge in [0, 0.05) is 12.7 Å². The maximum absolute atomic E-state index is 6.32. The van der Waals surface area contributed by atoms with Gasteiger partial charge in [0.2, 0.25) is 0 Å². The average Bonchev–Trinajstić information content (AvgIpc) is 2.79. The fraction of sp³-hybridized carbons (Fsp3) is 0.429. The van der Waals surface area contributed by atoms with E-state index in [1.54, 1.807) is 12.4 Å². The first kappa shape index (κ1) is 15.3. The van der Waals surface area contributed by atoms with Gasteiger partial charge in [0.05, 0.1) is 33.7 Å². The molecule has 0 bridgehead atoms. The van der Waals surface area contributed by atoms with E-state index in [0.717, 1.165) is 30.9 Å². The number of hydrogen-bond donors (Lipinski definition) is 1. The van der Waals surface area contributed by atoms with E-state index >= 15 is 0 Å². The van der Waals surface area contributed by atoms with Crippen molar-refractivity contribution in [1.82, 2.24) is 20.1 Å². The van der Waals surface area contributed by atoms with Crippen molar-refractivity contribution in [3.8, 4) is 0 Å². The smallest absolute Gasteiger partial charge is 0.0952 e. The first-order valence-corrected chi connectivity index (χ1v) is 7.49. The molecule has 108 valence electrons. The Morgan fingerprint density at radius 1 is 1.30 bits per heavy atom. The van der Waals surface area contributed by atoms with Gasteiger partial charge in [-0.25, -0.2) is 0 Å². The van der Waals surface area contributed by atoms with E-state index in [9.17, 15) is 0 Å². The highest BCUT2D eigenvalue weighted by molar-refractivity contribution is 6.32. The lowest BCUT2D eigenvalue weighted by Crippen LogP contribution is -2.26. The predicted octanol–water partition coefficient (Wildman–Crippen LogP) is 3.69. The lowest BCUT2D eigenvalue weighted by atomic mass is 10.1. The zero-order chi connectivity index (χ0) is 14.5. The zero-order valence-corrected chi connectivity index (χ0v) is 13.1. The number of aromatic nitrogens is 3. The molecule has 0 amide bonds. The Balaban J connectivity index is 2.49. The van der Waals surface area contributed by atoms with E-state index in [2.05, 4.69) is 22.3 Å². The van der Waals surface area contributed by atoms with Gasteiger partial charge < -0.3 is 5.32 Å². The maximum atomic E-state index is 6.32. The van der Waals surface area contributed by atoms with Gasteiger partial charge in [-0.1, -0.05) is 37.0 Å². The van der Waals surface area contributed by atoms with Crippen molar-refractivity contribution in [1.29, 1.82) is 0 Å². The molecule has 2 heterocycles. The van der Waals surface area contributed by atoms with Crippen LogP contribution in [0.3, 0.4) is 0 Å². The molecule has 1 atom stereocenters. The largest absolute Gasteiger partial charge is 0.304 e. The number of halogens is 2. The molecule has 0 radical (unpaired) electrons. The van der Waals surface area contributed by atoms with Gasteiger partial charge in [-0.3, -0.25) is 9.67 Å². The van der Waals surface area contributed by atoms with Gasteiger partial charge in [-0.15, -0.1) is 0 Å². The summed E-state index contributed by atoms with van der Waals surface area (Å²) in [4.78, 5) is 4.40. The first-order chi connectivity index (χ1) is 9.69. The highest BCUT2D eigenvalue weighted by atomic mass is 35.5. The van der Waals surface area contributed by atoms with Crippen molar-refractivity contribution in [3.05, 3.63) is 46.0 Å². The summed E-state index contributed by atoms with van der Waals surface area (Å²) < 4.78 is 1.92. The van der Waals surface area contributed by atoms with Crippen molar-refractivity contribution in [2.75, 3.05) is 6.54 Å². The van der Waals surface area contributed by atoms with E-state index < -0.39 is 0 Å². The molecule has 4 nitrogen and oxygen atoms in total. The van der Waals surface area contributed by atoms with Crippen LogP contribution in [0.4, 0.5) is 0 Å². The third-order valence-electron chi connectivity index (χ3n) is 3.01. The maximum Gasteiger partial charge on any atom is 0.0952 e. The predicted molar refractivity (Wildman–Crippen MR) is 82.3 cm³/mol. The Labute approximate surface area is 129 Å². The molecule has 0 fully saturated rings. The zero-order valence-electron chi connectivity index (χ0n) is 11.6. The van der Waals surface area contributed by atoms with E-state index in [1.165, 1.54) is 0 Å². The highest BCUT2D eigenvalue weighted by Crippen LogP contribution is 2.30. The molecule has 1 unspecified atom stereocenters. The lowest BCUT2D eigenvalue weighted by Gasteiger charge is -2.20. The SMILES string of the molecule is CCCn1ncc(Cl)c1C(NCC)c1ncccc1Cl. The fourth-order valence-electron chi connectivity index (χ4n) is 2.19. The van der Waals surface area contributed by atoms with Crippen LogP contribution in [-0.4, -0.2) is 21.3 Å². The summed E-state index contributed by atoms with van der Waals surface area (Å²) in [6.07, 6.45) is 4.40. The molecule has 0 aromatic carbocycles. The average molecular weight is 313 g/mol. The molecule has 6 heteroatoms. The Bertz CT molecular complexity index is 568. The summed E-state index contributed by atoms with van der Waals surface area (Å²) in [5.74, 6) is 0. The number of pyridine rings is 1. The summed E-state index contributed by atoms with van der Waals surface area (Å²) in [5, 5.41) is 8.98. The van der Waals surface area contributed by atoms with Gasteiger partial charge in [0.15, 0.2) is 0 Å². The highest BCUT2D eigenvalue weighted by Gasteiger charge is 2.24. The van der Waals surface area contributed by atoms with E-state index in [4.69, 9.17) is 23.2 Å². The summed E-state index contributed by atoms with van der Waals surface area (Å²) in [6.45, 7) is 5.74. The minimum Gasteiger partial charge on any atom is -0.304 e. The minimum atomic E-state index is -0.157. The quantitative estimate of drug-likeness (QED) is 0.884. The van der Waals surface area contributed by atoms with Crippen molar-refractivity contribution in [2.24, 2.45) is 0 Å². The molecule has 0 saturated carbocycles.